The number of nitrogens with one attached hydrogen (secondary N) is 2. The Kier molecular flexibility index (Phi) is 4.93. The SMILES string of the molecule is CC1C(NCc2ccc[nH]2)CCCN1C(=O)OC(C)(C)C. The molecule has 1 aliphatic rings. The van der Waals surface area contributed by atoms with E-state index in [0.717, 1.165) is 31.6 Å². The minimum atomic E-state index is -0.443. The zero-order valence-corrected chi connectivity index (χ0v) is 13.5. The minimum Gasteiger partial charge on any atom is -0.444 e. The van der Waals surface area contributed by atoms with E-state index in [-0.39, 0.29) is 12.1 Å². The average Bonchev–Trinajstić information content (AvgIpc) is 2.88. The summed E-state index contributed by atoms with van der Waals surface area (Å²) < 4.78 is 5.50. The quantitative estimate of drug-likeness (QED) is 0.901. The van der Waals surface area contributed by atoms with Crippen molar-refractivity contribution in [2.24, 2.45) is 0 Å². The molecule has 0 spiro atoms. The molecular formula is C16H27N3O2. The van der Waals surface area contributed by atoms with Crippen LogP contribution in [0.4, 0.5) is 4.79 Å². The normalized spacial score (nSPS) is 23.1. The number of hydrogen-bond acceptors (Lipinski definition) is 3. The number of amides is 1. The lowest BCUT2D eigenvalue weighted by Gasteiger charge is -2.40. The molecule has 118 valence electrons. The molecular weight excluding hydrogens is 266 g/mol. The lowest BCUT2D eigenvalue weighted by Crippen LogP contribution is -2.55. The van der Waals surface area contributed by atoms with Crippen LogP contribution >= 0.6 is 0 Å². The van der Waals surface area contributed by atoms with Gasteiger partial charge in [-0.1, -0.05) is 0 Å². The number of rotatable bonds is 3. The molecule has 2 N–H and O–H groups in total. The van der Waals surface area contributed by atoms with Crippen LogP contribution in [0.1, 0.15) is 46.2 Å². The van der Waals surface area contributed by atoms with Gasteiger partial charge in [0.25, 0.3) is 0 Å². The Morgan fingerprint density at radius 2 is 2.29 bits per heavy atom. The molecule has 2 heterocycles. The first-order valence-corrected chi connectivity index (χ1v) is 7.72. The number of aromatic nitrogens is 1. The standard InChI is InChI=1S/C16H27N3O2/c1-12-14(18-11-13-7-5-9-17-13)8-6-10-19(12)15(20)21-16(2,3)4/h5,7,9,12,14,17-18H,6,8,10-11H2,1-4H3. The Labute approximate surface area is 127 Å². The summed E-state index contributed by atoms with van der Waals surface area (Å²) in [6.45, 7) is 9.37. The van der Waals surface area contributed by atoms with Crippen LogP contribution in [-0.4, -0.2) is 40.2 Å². The van der Waals surface area contributed by atoms with E-state index < -0.39 is 5.60 Å². The predicted molar refractivity (Wildman–Crippen MR) is 83.1 cm³/mol. The predicted octanol–water partition coefficient (Wildman–Crippen LogP) is 2.89. The first-order chi connectivity index (χ1) is 9.87. The fourth-order valence-corrected chi connectivity index (χ4v) is 2.71. The third-order valence-corrected chi connectivity index (χ3v) is 3.83. The van der Waals surface area contributed by atoms with Gasteiger partial charge in [0.05, 0.1) is 0 Å². The van der Waals surface area contributed by atoms with Crippen molar-refractivity contribution in [3.63, 3.8) is 0 Å². The van der Waals surface area contributed by atoms with Gasteiger partial charge in [-0.25, -0.2) is 4.79 Å². The third kappa shape index (κ3) is 4.49. The first kappa shape index (κ1) is 15.9. The maximum absolute atomic E-state index is 12.3. The number of likely N-dealkylation sites (tertiary alicyclic amines) is 1. The molecule has 1 fully saturated rings. The van der Waals surface area contributed by atoms with Crippen molar-refractivity contribution in [3.8, 4) is 0 Å². The molecule has 5 heteroatoms. The van der Waals surface area contributed by atoms with Crippen molar-refractivity contribution >= 4 is 6.09 Å². The smallest absolute Gasteiger partial charge is 0.410 e. The molecule has 0 bridgehead atoms. The molecule has 2 unspecified atom stereocenters. The van der Waals surface area contributed by atoms with Crippen LogP contribution in [0.5, 0.6) is 0 Å². The van der Waals surface area contributed by atoms with E-state index >= 15 is 0 Å². The maximum atomic E-state index is 12.3. The molecule has 1 aromatic rings. The summed E-state index contributed by atoms with van der Waals surface area (Å²) in [6.07, 6.45) is 3.81. The van der Waals surface area contributed by atoms with E-state index in [2.05, 4.69) is 23.3 Å². The molecule has 1 aliphatic heterocycles. The highest BCUT2D eigenvalue weighted by molar-refractivity contribution is 5.68. The van der Waals surface area contributed by atoms with E-state index in [1.165, 1.54) is 0 Å². The van der Waals surface area contributed by atoms with Crippen LogP contribution in [0.2, 0.25) is 0 Å². The molecule has 0 aromatic carbocycles. The van der Waals surface area contributed by atoms with Gasteiger partial charge in [0.15, 0.2) is 0 Å². The second-order valence-electron chi connectivity index (χ2n) is 6.74. The van der Waals surface area contributed by atoms with Gasteiger partial charge in [0, 0.05) is 37.1 Å². The van der Waals surface area contributed by atoms with Crippen LogP contribution < -0.4 is 5.32 Å². The number of carbonyl (C=O) groups is 1. The van der Waals surface area contributed by atoms with Crippen LogP contribution in [-0.2, 0) is 11.3 Å². The van der Waals surface area contributed by atoms with E-state index in [1.54, 1.807) is 0 Å². The number of H-pyrrole nitrogens is 1. The highest BCUT2D eigenvalue weighted by atomic mass is 16.6. The lowest BCUT2D eigenvalue weighted by atomic mass is 9.98. The monoisotopic (exact) mass is 293 g/mol. The summed E-state index contributed by atoms with van der Waals surface area (Å²) in [4.78, 5) is 17.3. The van der Waals surface area contributed by atoms with E-state index in [4.69, 9.17) is 4.74 Å². The Balaban J connectivity index is 1.91. The van der Waals surface area contributed by atoms with E-state index in [0.29, 0.717) is 6.04 Å². The van der Waals surface area contributed by atoms with Crippen LogP contribution in [0, 0.1) is 0 Å². The minimum absolute atomic E-state index is 0.142. The average molecular weight is 293 g/mol. The van der Waals surface area contributed by atoms with Crippen LogP contribution in [0.15, 0.2) is 18.3 Å². The first-order valence-electron chi connectivity index (χ1n) is 7.72. The Hall–Kier alpha value is -1.49. The summed E-state index contributed by atoms with van der Waals surface area (Å²) in [6, 6.07) is 4.50. The van der Waals surface area contributed by atoms with Gasteiger partial charge in [-0.05, 0) is 52.7 Å². The summed E-state index contributed by atoms with van der Waals surface area (Å²) in [5, 5.41) is 3.54. The number of carbonyl (C=O) groups excluding carboxylic acids is 1. The largest absolute Gasteiger partial charge is 0.444 e. The molecule has 1 saturated heterocycles. The summed E-state index contributed by atoms with van der Waals surface area (Å²) in [7, 11) is 0. The second kappa shape index (κ2) is 6.52. The zero-order valence-electron chi connectivity index (χ0n) is 13.5. The summed E-state index contributed by atoms with van der Waals surface area (Å²) in [5.41, 5.74) is 0.720. The van der Waals surface area contributed by atoms with Crippen molar-refractivity contribution in [1.29, 1.82) is 0 Å². The van der Waals surface area contributed by atoms with Crippen molar-refractivity contribution in [2.75, 3.05) is 6.54 Å². The topological polar surface area (TPSA) is 57.4 Å². The Bertz CT molecular complexity index is 451. The van der Waals surface area contributed by atoms with Crippen molar-refractivity contribution in [1.82, 2.24) is 15.2 Å². The van der Waals surface area contributed by atoms with Crippen molar-refractivity contribution in [2.45, 2.75) is 64.8 Å². The molecule has 2 atom stereocenters. The Morgan fingerprint density at radius 3 is 2.90 bits per heavy atom. The lowest BCUT2D eigenvalue weighted by molar-refractivity contribution is 0.00697. The van der Waals surface area contributed by atoms with Crippen LogP contribution in [0.3, 0.4) is 0 Å². The third-order valence-electron chi connectivity index (χ3n) is 3.83. The van der Waals surface area contributed by atoms with Gasteiger partial charge in [0.1, 0.15) is 5.60 Å². The van der Waals surface area contributed by atoms with Gasteiger partial charge in [0.2, 0.25) is 0 Å². The zero-order chi connectivity index (χ0) is 15.5. The fourth-order valence-electron chi connectivity index (χ4n) is 2.71. The molecule has 5 nitrogen and oxygen atoms in total. The number of ether oxygens (including phenoxy) is 1. The highest BCUT2D eigenvalue weighted by Crippen LogP contribution is 2.21. The van der Waals surface area contributed by atoms with E-state index in [9.17, 15) is 4.79 Å². The van der Waals surface area contributed by atoms with Gasteiger partial charge >= 0.3 is 6.09 Å². The van der Waals surface area contributed by atoms with Crippen LogP contribution in [0.25, 0.3) is 0 Å². The van der Waals surface area contributed by atoms with Crippen molar-refractivity contribution in [3.05, 3.63) is 24.0 Å². The number of piperidine rings is 1. The molecule has 0 radical (unpaired) electrons. The summed E-state index contributed by atoms with van der Waals surface area (Å²) >= 11 is 0. The Morgan fingerprint density at radius 1 is 1.52 bits per heavy atom. The van der Waals surface area contributed by atoms with Gasteiger partial charge in [-0.15, -0.1) is 0 Å². The molecule has 0 saturated carbocycles. The van der Waals surface area contributed by atoms with E-state index in [1.807, 2.05) is 37.9 Å². The molecule has 1 aromatic heterocycles. The molecule has 1 amide bonds. The molecule has 0 aliphatic carbocycles. The molecule has 21 heavy (non-hydrogen) atoms. The highest BCUT2D eigenvalue weighted by Gasteiger charge is 2.33. The van der Waals surface area contributed by atoms with Gasteiger partial charge in [-0.3, -0.25) is 0 Å². The fraction of sp³-hybridized carbons (Fsp3) is 0.688. The number of nitrogens with zero attached hydrogens (tertiary/aromatic N) is 1. The summed E-state index contributed by atoms with van der Waals surface area (Å²) in [5.74, 6) is 0. The number of aromatic amines is 1. The van der Waals surface area contributed by atoms with Gasteiger partial charge < -0.3 is 19.9 Å². The molecule has 2 rings (SSSR count). The van der Waals surface area contributed by atoms with Gasteiger partial charge in [-0.2, -0.15) is 0 Å². The second-order valence-corrected chi connectivity index (χ2v) is 6.74. The maximum Gasteiger partial charge on any atom is 0.410 e. The number of hydrogen-bond donors (Lipinski definition) is 2. The van der Waals surface area contributed by atoms with Crippen molar-refractivity contribution < 1.29 is 9.53 Å².